The molecule has 0 bridgehead atoms. The topological polar surface area (TPSA) is 67.0 Å². The minimum absolute atomic E-state index is 0.0534. The highest BCUT2D eigenvalue weighted by atomic mass is 19.1. The van der Waals surface area contributed by atoms with Crippen LogP contribution >= 0.6 is 0 Å². The molecular formula is C36H44FN5O2. The third kappa shape index (κ3) is 6.67. The van der Waals surface area contributed by atoms with Gasteiger partial charge in [-0.3, -0.25) is 9.69 Å². The van der Waals surface area contributed by atoms with Crippen LogP contribution in [0.4, 0.5) is 4.39 Å². The van der Waals surface area contributed by atoms with Crippen molar-refractivity contribution in [2.45, 2.75) is 38.8 Å². The third-order valence-corrected chi connectivity index (χ3v) is 9.39. The van der Waals surface area contributed by atoms with Gasteiger partial charge in [0.2, 0.25) is 5.91 Å². The van der Waals surface area contributed by atoms with Crippen molar-refractivity contribution in [3.8, 4) is 11.4 Å². The smallest absolute Gasteiger partial charge is 0.239 e. The molecule has 1 amide bonds. The summed E-state index contributed by atoms with van der Waals surface area (Å²) in [6, 6.07) is 23.6. The third-order valence-electron chi connectivity index (χ3n) is 9.39. The molecule has 0 spiro atoms. The Morgan fingerprint density at radius 2 is 1.64 bits per heavy atom. The van der Waals surface area contributed by atoms with Crippen LogP contribution in [-0.4, -0.2) is 83.6 Å². The van der Waals surface area contributed by atoms with Crippen LogP contribution in [0.5, 0.6) is 5.75 Å². The Bertz CT molecular complexity index is 1540. The molecule has 0 radical (unpaired) electrons. The Hall–Kier alpha value is -3.72. The molecule has 8 heteroatoms. The van der Waals surface area contributed by atoms with Crippen LogP contribution in [0.3, 0.4) is 0 Å². The van der Waals surface area contributed by atoms with Crippen molar-refractivity contribution in [2.24, 2.45) is 11.7 Å². The van der Waals surface area contributed by atoms with E-state index >= 15 is 0 Å². The van der Waals surface area contributed by atoms with E-state index in [1.54, 1.807) is 6.07 Å². The van der Waals surface area contributed by atoms with Crippen LogP contribution in [0.15, 0.2) is 79.0 Å². The average molecular weight is 598 g/mol. The summed E-state index contributed by atoms with van der Waals surface area (Å²) in [4.78, 5) is 20.0. The van der Waals surface area contributed by atoms with Gasteiger partial charge < -0.3 is 24.8 Å². The van der Waals surface area contributed by atoms with Gasteiger partial charge in [-0.05, 0) is 81.1 Å². The number of nitrogens with two attached hydrogens (primary N) is 1. The number of halogens is 1. The predicted molar refractivity (Wildman–Crippen MR) is 174 cm³/mol. The van der Waals surface area contributed by atoms with Crippen molar-refractivity contribution >= 4 is 16.8 Å². The number of amides is 1. The van der Waals surface area contributed by atoms with E-state index < -0.39 is 6.04 Å². The number of likely N-dealkylation sites (tertiary alicyclic amines) is 1. The summed E-state index contributed by atoms with van der Waals surface area (Å²) in [5.41, 5.74) is 11.0. The number of fused-ring (bicyclic) bond motifs is 1. The van der Waals surface area contributed by atoms with Crippen molar-refractivity contribution in [1.82, 2.24) is 19.3 Å². The number of hydrogen-bond acceptors (Lipinski definition) is 5. The van der Waals surface area contributed by atoms with Crippen molar-refractivity contribution in [3.63, 3.8) is 0 Å². The second-order valence-electron chi connectivity index (χ2n) is 12.1. The molecule has 4 aromatic rings. The molecule has 1 atom stereocenters. The molecule has 2 fully saturated rings. The molecule has 0 saturated carbocycles. The second-order valence-corrected chi connectivity index (χ2v) is 12.1. The van der Waals surface area contributed by atoms with Crippen molar-refractivity contribution in [3.05, 3.63) is 95.9 Å². The summed E-state index contributed by atoms with van der Waals surface area (Å²) < 4.78 is 22.5. The van der Waals surface area contributed by atoms with Gasteiger partial charge in [-0.1, -0.05) is 42.5 Å². The highest BCUT2D eigenvalue weighted by molar-refractivity contribution is 5.85. The van der Waals surface area contributed by atoms with Crippen molar-refractivity contribution in [1.29, 1.82) is 0 Å². The fraction of sp³-hybridized carbons (Fsp3) is 0.417. The maximum Gasteiger partial charge on any atom is 0.239 e. The fourth-order valence-corrected chi connectivity index (χ4v) is 6.81. The molecular weight excluding hydrogens is 553 g/mol. The zero-order valence-corrected chi connectivity index (χ0v) is 25.7. The molecule has 7 nitrogen and oxygen atoms in total. The maximum atomic E-state index is 14.5. The number of benzene rings is 3. The Morgan fingerprint density at radius 3 is 2.39 bits per heavy atom. The molecule has 2 saturated heterocycles. The molecule has 1 aromatic heterocycles. The van der Waals surface area contributed by atoms with Crippen LogP contribution in [0.25, 0.3) is 16.6 Å². The zero-order valence-electron chi connectivity index (χ0n) is 25.7. The molecule has 2 aliphatic heterocycles. The van der Waals surface area contributed by atoms with Gasteiger partial charge in [0.05, 0.1) is 18.2 Å². The number of rotatable bonds is 10. The van der Waals surface area contributed by atoms with E-state index in [2.05, 4.69) is 69.1 Å². The molecule has 232 valence electrons. The van der Waals surface area contributed by atoms with Crippen LogP contribution in [0.1, 0.15) is 30.9 Å². The van der Waals surface area contributed by atoms with Crippen LogP contribution in [-0.2, 0) is 17.8 Å². The van der Waals surface area contributed by atoms with Gasteiger partial charge in [0, 0.05) is 62.1 Å². The first-order valence-corrected chi connectivity index (χ1v) is 16.1. The largest absolute Gasteiger partial charge is 0.493 e. The first kappa shape index (κ1) is 30.3. The summed E-state index contributed by atoms with van der Waals surface area (Å²) in [7, 11) is 0. The fourth-order valence-electron chi connectivity index (χ4n) is 6.81. The normalized spacial score (nSPS) is 17.7. The molecule has 44 heavy (non-hydrogen) atoms. The number of para-hydroxylation sites is 2. The van der Waals surface area contributed by atoms with Gasteiger partial charge in [0.1, 0.15) is 11.6 Å². The average Bonchev–Trinajstić information content (AvgIpc) is 3.44. The zero-order chi connectivity index (χ0) is 30.5. The SMILES string of the molecule is CCOc1cccc(F)c1CN1CCN(C(=O)[C@H](N)C2CCN(CCc3cn(-c4ccccc4)c4ccccc34)CC2)CC1. The van der Waals surface area contributed by atoms with E-state index in [1.165, 1.54) is 28.2 Å². The standard InChI is InChI=1S/C36H44FN5O2/c1-2-44-34-14-8-12-32(37)31(34)26-40-21-23-41(24-22-40)36(43)35(38)27-15-18-39(19-16-27)20-17-28-25-42(29-9-4-3-5-10-29)33-13-7-6-11-30(28)33/h3-14,25,27,35H,2,15-24,26,38H2,1H3/t35-/m1/s1. The van der Waals surface area contributed by atoms with Gasteiger partial charge in [-0.15, -0.1) is 0 Å². The first-order valence-electron chi connectivity index (χ1n) is 16.1. The van der Waals surface area contributed by atoms with E-state index in [0.29, 0.717) is 50.6 Å². The molecule has 0 unspecified atom stereocenters. The van der Waals surface area contributed by atoms with E-state index in [9.17, 15) is 9.18 Å². The van der Waals surface area contributed by atoms with E-state index in [1.807, 2.05) is 24.0 Å². The number of ether oxygens (including phenoxy) is 1. The summed E-state index contributed by atoms with van der Waals surface area (Å²) in [5, 5.41) is 1.31. The van der Waals surface area contributed by atoms with E-state index in [0.717, 1.165) is 38.9 Å². The Morgan fingerprint density at radius 1 is 0.909 bits per heavy atom. The quantitative estimate of drug-likeness (QED) is 0.276. The van der Waals surface area contributed by atoms with E-state index in [-0.39, 0.29) is 17.6 Å². The highest BCUT2D eigenvalue weighted by Gasteiger charge is 2.33. The van der Waals surface area contributed by atoms with Crippen LogP contribution in [0.2, 0.25) is 0 Å². The number of nitrogens with zero attached hydrogens (tertiary/aromatic N) is 4. The van der Waals surface area contributed by atoms with Crippen molar-refractivity contribution < 1.29 is 13.9 Å². The van der Waals surface area contributed by atoms with Crippen molar-refractivity contribution in [2.75, 3.05) is 52.4 Å². The lowest BCUT2D eigenvalue weighted by Crippen LogP contribution is -2.55. The molecule has 6 rings (SSSR count). The molecule has 0 aliphatic carbocycles. The van der Waals surface area contributed by atoms with Gasteiger partial charge >= 0.3 is 0 Å². The summed E-state index contributed by atoms with van der Waals surface area (Å²) in [6.45, 7) is 8.39. The lowest BCUT2D eigenvalue weighted by Gasteiger charge is -2.39. The summed E-state index contributed by atoms with van der Waals surface area (Å²) >= 11 is 0. The molecule has 2 aliphatic rings. The first-order chi connectivity index (χ1) is 21.5. The monoisotopic (exact) mass is 597 g/mol. The second kappa shape index (κ2) is 13.9. The number of piperazine rings is 1. The van der Waals surface area contributed by atoms with Crippen LogP contribution < -0.4 is 10.5 Å². The number of carbonyl (C=O) groups is 1. The van der Waals surface area contributed by atoms with Gasteiger partial charge in [0.25, 0.3) is 0 Å². The Balaban J connectivity index is 0.981. The Kier molecular flexibility index (Phi) is 9.60. The molecule has 3 heterocycles. The number of hydrogen-bond donors (Lipinski definition) is 1. The lowest BCUT2D eigenvalue weighted by atomic mass is 9.88. The molecule has 2 N–H and O–H groups in total. The minimum Gasteiger partial charge on any atom is -0.493 e. The van der Waals surface area contributed by atoms with Gasteiger partial charge in [-0.25, -0.2) is 4.39 Å². The molecule has 3 aromatic carbocycles. The lowest BCUT2D eigenvalue weighted by molar-refractivity contribution is -0.136. The highest BCUT2D eigenvalue weighted by Crippen LogP contribution is 2.28. The predicted octanol–water partition coefficient (Wildman–Crippen LogP) is 5.09. The summed E-state index contributed by atoms with van der Waals surface area (Å²) in [6.07, 6.45) is 5.15. The number of aromatic nitrogens is 1. The number of piperidine rings is 1. The summed E-state index contributed by atoms with van der Waals surface area (Å²) in [5.74, 6) is 0.599. The van der Waals surface area contributed by atoms with E-state index in [4.69, 9.17) is 10.5 Å². The van der Waals surface area contributed by atoms with Gasteiger partial charge in [-0.2, -0.15) is 0 Å². The van der Waals surface area contributed by atoms with Crippen LogP contribution in [0, 0.1) is 11.7 Å². The number of carbonyl (C=O) groups excluding carboxylic acids is 1. The minimum atomic E-state index is -0.469. The Labute approximate surface area is 260 Å². The maximum absolute atomic E-state index is 14.5. The van der Waals surface area contributed by atoms with Gasteiger partial charge in [0.15, 0.2) is 0 Å².